The molecule has 0 amide bonds. The predicted octanol–water partition coefficient (Wildman–Crippen LogP) is 2.82. The van der Waals surface area contributed by atoms with Crippen LogP contribution < -0.4 is 0 Å². The molecule has 92 valence electrons. The van der Waals surface area contributed by atoms with E-state index in [2.05, 4.69) is 0 Å². The molecule has 3 heteroatoms. The lowest BCUT2D eigenvalue weighted by molar-refractivity contribution is -0.131. The highest BCUT2D eigenvalue weighted by Gasteiger charge is 2.20. The molecule has 0 radical (unpaired) electrons. The molecule has 3 nitrogen and oxygen atoms in total. The standard InChI is InChI=1S/C16H10O3/c17-14-9-16(19)15(18)8-13(14)12-6-5-10-3-1-2-4-11(10)7-12/h1-9,17H. The molecule has 0 heterocycles. The van der Waals surface area contributed by atoms with Gasteiger partial charge in [-0.15, -0.1) is 0 Å². The van der Waals surface area contributed by atoms with Crippen molar-refractivity contribution < 1.29 is 14.7 Å². The van der Waals surface area contributed by atoms with E-state index in [1.165, 1.54) is 6.08 Å². The van der Waals surface area contributed by atoms with Crippen LogP contribution in [0, 0.1) is 0 Å². The van der Waals surface area contributed by atoms with Crippen LogP contribution in [0.25, 0.3) is 16.3 Å². The highest BCUT2D eigenvalue weighted by Crippen LogP contribution is 2.27. The van der Waals surface area contributed by atoms with Crippen molar-refractivity contribution in [3.63, 3.8) is 0 Å². The van der Waals surface area contributed by atoms with Gasteiger partial charge in [0.05, 0.1) is 0 Å². The Morgan fingerprint density at radius 3 is 2.26 bits per heavy atom. The molecule has 0 bridgehead atoms. The van der Waals surface area contributed by atoms with Crippen LogP contribution in [-0.4, -0.2) is 16.7 Å². The fourth-order valence-corrected chi connectivity index (χ4v) is 2.14. The number of benzene rings is 2. The van der Waals surface area contributed by atoms with Crippen LogP contribution >= 0.6 is 0 Å². The molecule has 1 N–H and O–H groups in total. The Morgan fingerprint density at radius 1 is 0.789 bits per heavy atom. The van der Waals surface area contributed by atoms with Crippen LogP contribution in [0.2, 0.25) is 0 Å². The summed E-state index contributed by atoms with van der Waals surface area (Å²) in [5.41, 5.74) is 1.10. The van der Waals surface area contributed by atoms with Crippen LogP contribution in [0.1, 0.15) is 5.56 Å². The van der Waals surface area contributed by atoms with E-state index in [0.29, 0.717) is 11.1 Å². The molecule has 0 saturated heterocycles. The van der Waals surface area contributed by atoms with E-state index < -0.39 is 11.6 Å². The summed E-state index contributed by atoms with van der Waals surface area (Å²) >= 11 is 0. The van der Waals surface area contributed by atoms with Crippen molar-refractivity contribution in [2.24, 2.45) is 0 Å². The first kappa shape index (κ1) is 11.4. The Hall–Kier alpha value is -2.68. The zero-order chi connectivity index (χ0) is 13.4. The third kappa shape index (κ3) is 1.95. The van der Waals surface area contributed by atoms with E-state index in [1.807, 2.05) is 42.5 Å². The van der Waals surface area contributed by atoms with Gasteiger partial charge in [-0.2, -0.15) is 0 Å². The molecule has 2 aromatic carbocycles. The van der Waals surface area contributed by atoms with Crippen LogP contribution in [0.5, 0.6) is 0 Å². The Kier molecular flexibility index (Phi) is 2.53. The fourth-order valence-electron chi connectivity index (χ4n) is 2.14. The van der Waals surface area contributed by atoms with Crippen molar-refractivity contribution in [1.29, 1.82) is 0 Å². The first-order valence-corrected chi connectivity index (χ1v) is 5.85. The molecular formula is C16H10O3. The quantitative estimate of drug-likeness (QED) is 0.625. The van der Waals surface area contributed by atoms with Gasteiger partial charge in [-0.05, 0) is 22.4 Å². The second-order valence-corrected chi connectivity index (χ2v) is 4.38. The largest absolute Gasteiger partial charge is 0.507 e. The smallest absolute Gasteiger partial charge is 0.229 e. The normalized spacial score (nSPS) is 15.4. The number of allylic oxidation sites excluding steroid dienone is 3. The molecule has 0 atom stereocenters. The molecule has 0 fully saturated rings. The minimum atomic E-state index is -0.693. The summed E-state index contributed by atoms with van der Waals surface area (Å²) in [6, 6.07) is 13.4. The minimum absolute atomic E-state index is 0.167. The maximum atomic E-state index is 11.4. The molecule has 0 aromatic heterocycles. The van der Waals surface area contributed by atoms with E-state index in [0.717, 1.165) is 16.8 Å². The number of carbonyl (C=O) groups excluding carboxylic acids is 2. The van der Waals surface area contributed by atoms with Crippen molar-refractivity contribution in [3.05, 3.63) is 65.9 Å². The lowest BCUT2D eigenvalue weighted by Crippen LogP contribution is -2.14. The molecule has 0 aliphatic heterocycles. The monoisotopic (exact) mass is 250 g/mol. The molecule has 1 aliphatic carbocycles. The van der Waals surface area contributed by atoms with Crippen LogP contribution in [0.15, 0.2) is 60.4 Å². The molecule has 19 heavy (non-hydrogen) atoms. The Labute approximate surface area is 109 Å². The molecular weight excluding hydrogens is 240 g/mol. The van der Waals surface area contributed by atoms with E-state index in [4.69, 9.17) is 0 Å². The van der Waals surface area contributed by atoms with Crippen molar-refractivity contribution >= 4 is 27.9 Å². The summed E-state index contributed by atoms with van der Waals surface area (Å²) in [7, 11) is 0. The van der Waals surface area contributed by atoms with Crippen LogP contribution in [-0.2, 0) is 9.59 Å². The molecule has 3 rings (SSSR count). The molecule has 0 spiro atoms. The summed E-state index contributed by atoms with van der Waals surface area (Å²) in [4.78, 5) is 22.6. The predicted molar refractivity (Wildman–Crippen MR) is 72.7 cm³/mol. The maximum absolute atomic E-state index is 11.4. The number of rotatable bonds is 1. The summed E-state index contributed by atoms with van der Waals surface area (Å²) in [6.07, 6.45) is 2.15. The Morgan fingerprint density at radius 2 is 1.47 bits per heavy atom. The average Bonchev–Trinajstić information content (AvgIpc) is 2.42. The first-order chi connectivity index (χ1) is 9.15. The third-order valence-corrected chi connectivity index (χ3v) is 3.12. The van der Waals surface area contributed by atoms with Gasteiger partial charge < -0.3 is 5.11 Å². The van der Waals surface area contributed by atoms with Crippen molar-refractivity contribution in [3.8, 4) is 0 Å². The highest BCUT2D eigenvalue weighted by molar-refractivity contribution is 6.48. The minimum Gasteiger partial charge on any atom is -0.507 e. The SMILES string of the molecule is O=C1C=C(O)C(c2ccc3ccccc3c2)=CC1=O. The van der Waals surface area contributed by atoms with Gasteiger partial charge in [0.1, 0.15) is 5.76 Å². The highest BCUT2D eigenvalue weighted by atomic mass is 16.3. The number of fused-ring (bicyclic) bond motifs is 1. The number of hydrogen-bond acceptors (Lipinski definition) is 3. The maximum Gasteiger partial charge on any atom is 0.229 e. The van der Waals surface area contributed by atoms with Gasteiger partial charge in [0, 0.05) is 17.7 Å². The number of aliphatic hydroxyl groups is 1. The van der Waals surface area contributed by atoms with E-state index in [9.17, 15) is 14.7 Å². The first-order valence-electron chi connectivity index (χ1n) is 5.85. The van der Waals surface area contributed by atoms with Gasteiger partial charge in [-0.25, -0.2) is 0 Å². The average molecular weight is 250 g/mol. The Balaban J connectivity index is 2.14. The van der Waals surface area contributed by atoms with Gasteiger partial charge in [-0.1, -0.05) is 36.4 Å². The molecule has 0 saturated carbocycles. The number of aliphatic hydroxyl groups excluding tert-OH is 1. The topological polar surface area (TPSA) is 54.4 Å². The second-order valence-electron chi connectivity index (χ2n) is 4.38. The van der Waals surface area contributed by atoms with E-state index >= 15 is 0 Å². The van der Waals surface area contributed by atoms with Gasteiger partial charge in [0.25, 0.3) is 0 Å². The Bertz CT molecular complexity index is 766. The molecule has 0 unspecified atom stereocenters. The van der Waals surface area contributed by atoms with Gasteiger partial charge in [0.15, 0.2) is 0 Å². The lowest BCUT2D eigenvalue weighted by Gasteiger charge is -2.11. The van der Waals surface area contributed by atoms with Crippen LogP contribution in [0.4, 0.5) is 0 Å². The van der Waals surface area contributed by atoms with E-state index in [-0.39, 0.29) is 5.76 Å². The molecule has 1 aliphatic rings. The van der Waals surface area contributed by atoms with Crippen molar-refractivity contribution in [2.75, 3.05) is 0 Å². The fraction of sp³-hybridized carbons (Fsp3) is 0. The van der Waals surface area contributed by atoms with Gasteiger partial charge in [-0.3, -0.25) is 9.59 Å². The van der Waals surface area contributed by atoms with Crippen LogP contribution in [0.3, 0.4) is 0 Å². The van der Waals surface area contributed by atoms with Crippen molar-refractivity contribution in [2.45, 2.75) is 0 Å². The van der Waals surface area contributed by atoms with Gasteiger partial charge >= 0.3 is 0 Å². The van der Waals surface area contributed by atoms with E-state index in [1.54, 1.807) is 0 Å². The summed E-state index contributed by atoms with van der Waals surface area (Å²) in [5.74, 6) is -1.47. The van der Waals surface area contributed by atoms with Gasteiger partial charge in [0.2, 0.25) is 11.6 Å². The summed E-state index contributed by atoms with van der Waals surface area (Å²) in [5, 5.41) is 11.9. The molecule has 2 aromatic rings. The zero-order valence-electron chi connectivity index (χ0n) is 9.96. The summed E-state index contributed by atoms with van der Waals surface area (Å²) < 4.78 is 0. The lowest BCUT2D eigenvalue weighted by atomic mass is 9.95. The second kappa shape index (κ2) is 4.21. The number of carbonyl (C=O) groups is 2. The summed E-state index contributed by atoms with van der Waals surface area (Å²) in [6.45, 7) is 0. The zero-order valence-corrected chi connectivity index (χ0v) is 9.96. The number of hydrogen-bond donors (Lipinski definition) is 1. The third-order valence-electron chi connectivity index (χ3n) is 3.12. The van der Waals surface area contributed by atoms with Crippen molar-refractivity contribution in [1.82, 2.24) is 0 Å². The number of ketones is 2.